The van der Waals surface area contributed by atoms with Gasteiger partial charge in [-0.15, -0.1) is 0 Å². The molecule has 0 fully saturated rings. The molecular formula is C68H48N6. The zero-order valence-electron chi connectivity index (χ0n) is 41.5. The van der Waals surface area contributed by atoms with Crippen molar-refractivity contribution in [2.24, 2.45) is 0 Å². The van der Waals surface area contributed by atoms with Crippen LogP contribution in [0.5, 0.6) is 0 Å². The van der Waals surface area contributed by atoms with E-state index >= 15 is 0 Å². The van der Waals surface area contributed by atoms with Crippen LogP contribution >= 0.6 is 0 Å². The van der Waals surface area contributed by atoms with Crippen LogP contribution in [0, 0.1) is 0 Å². The van der Waals surface area contributed by atoms with E-state index in [-0.39, 0.29) is 10.8 Å². The van der Waals surface area contributed by atoms with Crippen LogP contribution in [0.2, 0.25) is 0 Å². The monoisotopic (exact) mass is 948 g/mol. The molecule has 0 spiro atoms. The molecule has 74 heavy (non-hydrogen) atoms. The molecule has 15 rings (SSSR count). The van der Waals surface area contributed by atoms with E-state index < -0.39 is 0 Å². The maximum absolute atomic E-state index is 5.53. The van der Waals surface area contributed by atoms with Gasteiger partial charge in [-0.25, -0.2) is 15.0 Å². The highest BCUT2D eigenvalue weighted by atomic mass is 15.1. The predicted molar refractivity (Wildman–Crippen MR) is 303 cm³/mol. The van der Waals surface area contributed by atoms with Crippen molar-refractivity contribution >= 4 is 43.6 Å². The number of hydrogen-bond acceptors (Lipinski definition) is 4. The number of aromatic nitrogens is 6. The number of pyridine rings is 1. The van der Waals surface area contributed by atoms with Crippen molar-refractivity contribution in [1.82, 2.24) is 29.1 Å². The van der Waals surface area contributed by atoms with E-state index in [1.807, 2.05) is 42.6 Å². The minimum Gasteiger partial charge on any atom is -0.309 e. The molecule has 9 aromatic carbocycles. The molecule has 4 heterocycles. The Morgan fingerprint density at radius 1 is 0.338 bits per heavy atom. The summed E-state index contributed by atoms with van der Waals surface area (Å²) in [6, 6.07) is 76.3. The van der Waals surface area contributed by atoms with Gasteiger partial charge in [-0.2, -0.15) is 0 Å². The van der Waals surface area contributed by atoms with Crippen molar-refractivity contribution in [3.05, 3.63) is 241 Å². The number of benzene rings is 9. The lowest BCUT2D eigenvalue weighted by molar-refractivity contribution is 0.666. The Morgan fingerprint density at radius 3 is 1.34 bits per heavy atom. The minimum atomic E-state index is -0.238. The van der Waals surface area contributed by atoms with Crippen molar-refractivity contribution in [2.45, 2.75) is 38.5 Å². The van der Waals surface area contributed by atoms with Gasteiger partial charge in [-0.3, -0.25) is 4.98 Å². The Balaban J connectivity index is 1.07. The van der Waals surface area contributed by atoms with E-state index in [0.717, 1.165) is 61.4 Å². The molecule has 0 radical (unpaired) electrons. The highest BCUT2D eigenvalue weighted by molar-refractivity contribution is 6.17. The van der Waals surface area contributed by atoms with Gasteiger partial charge in [0.25, 0.3) is 0 Å². The van der Waals surface area contributed by atoms with Gasteiger partial charge >= 0.3 is 0 Å². The summed E-state index contributed by atoms with van der Waals surface area (Å²) >= 11 is 0. The Labute approximate surface area is 429 Å². The quantitative estimate of drug-likeness (QED) is 0.167. The summed E-state index contributed by atoms with van der Waals surface area (Å²) in [6.07, 6.45) is 1.93. The standard InChI is InChI=1S/C68H48N6/c1-67(2)50-30-15-11-25-43(50)45-36-38-55-58(61(45)67)47-27-13-17-32-52(47)73(55)54-34-19-29-49(66-71-64(41-21-7-5-8-22-41)70-65(72-66)42-23-9-6-10-24-42)60(54)63-57(35-20-40-69-63)74-53-33-18-14-28-48(53)59-56(74)39-37-46-44-26-12-16-31-51(44)68(3,4)62(46)59/h5-40H,1-4H3. The second-order valence-electron chi connectivity index (χ2n) is 20.9. The molecule has 0 N–H and O–H groups in total. The summed E-state index contributed by atoms with van der Waals surface area (Å²) in [7, 11) is 0. The Hall–Kier alpha value is -9.26. The van der Waals surface area contributed by atoms with Crippen LogP contribution in [0.4, 0.5) is 0 Å². The second-order valence-corrected chi connectivity index (χ2v) is 20.9. The molecule has 0 bridgehead atoms. The van der Waals surface area contributed by atoms with E-state index in [0.29, 0.717) is 17.5 Å². The summed E-state index contributed by atoms with van der Waals surface area (Å²) < 4.78 is 4.92. The van der Waals surface area contributed by atoms with Crippen molar-refractivity contribution < 1.29 is 0 Å². The maximum atomic E-state index is 5.53. The third-order valence-corrected chi connectivity index (χ3v) is 16.2. The molecule has 0 unspecified atom stereocenters. The summed E-state index contributed by atoms with van der Waals surface area (Å²) in [6.45, 7) is 9.52. The molecule has 0 atom stereocenters. The lowest BCUT2D eigenvalue weighted by Crippen LogP contribution is -2.15. The lowest BCUT2D eigenvalue weighted by Gasteiger charge is -2.23. The molecule has 350 valence electrons. The Morgan fingerprint density at radius 2 is 0.784 bits per heavy atom. The number of hydrogen-bond donors (Lipinski definition) is 0. The smallest absolute Gasteiger partial charge is 0.164 e. The van der Waals surface area contributed by atoms with Crippen molar-refractivity contribution in [1.29, 1.82) is 0 Å². The van der Waals surface area contributed by atoms with Gasteiger partial charge in [0.1, 0.15) is 0 Å². The largest absolute Gasteiger partial charge is 0.309 e. The Bertz CT molecular complexity index is 4420. The number of nitrogens with zero attached hydrogens (tertiary/aromatic N) is 6. The predicted octanol–water partition coefficient (Wildman–Crippen LogP) is 16.7. The molecule has 0 saturated carbocycles. The van der Waals surface area contributed by atoms with E-state index in [1.165, 1.54) is 66.1 Å². The maximum Gasteiger partial charge on any atom is 0.164 e. The summed E-state index contributed by atoms with van der Waals surface area (Å²) in [4.78, 5) is 21.5. The third kappa shape index (κ3) is 5.88. The first-order chi connectivity index (χ1) is 36.3. The fraction of sp³-hybridized carbons (Fsp3) is 0.0882. The third-order valence-electron chi connectivity index (χ3n) is 16.2. The van der Waals surface area contributed by atoms with Gasteiger partial charge in [0.15, 0.2) is 17.5 Å². The fourth-order valence-electron chi connectivity index (χ4n) is 13.0. The normalized spacial score (nSPS) is 13.9. The van der Waals surface area contributed by atoms with Gasteiger partial charge in [-0.1, -0.05) is 198 Å². The van der Waals surface area contributed by atoms with Crippen LogP contribution in [0.25, 0.3) is 123 Å². The molecule has 2 aliphatic rings. The minimum absolute atomic E-state index is 0.226. The molecular weight excluding hydrogens is 901 g/mol. The average molecular weight is 949 g/mol. The number of rotatable bonds is 6. The zero-order valence-corrected chi connectivity index (χ0v) is 41.5. The van der Waals surface area contributed by atoms with E-state index in [1.54, 1.807) is 0 Å². The Kier molecular flexibility index (Phi) is 8.95. The first-order valence-electron chi connectivity index (χ1n) is 25.6. The van der Waals surface area contributed by atoms with Gasteiger partial charge < -0.3 is 9.13 Å². The van der Waals surface area contributed by atoms with Crippen LogP contribution in [-0.4, -0.2) is 29.1 Å². The van der Waals surface area contributed by atoms with Crippen LogP contribution in [0.1, 0.15) is 49.9 Å². The van der Waals surface area contributed by atoms with Gasteiger partial charge in [0.2, 0.25) is 0 Å². The fourth-order valence-corrected chi connectivity index (χ4v) is 13.0. The SMILES string of the molecule is CC1(C)c2ccccc2-c2ccc3c(c21)c1ccccc1n3-c1cccnc1-c1c(-c2nc(-c3ccccc3)nc(-c3ccccc3)n2)cccc1-n1c2ccccc2c2c3c(ccc21)-c1ccccc1C3(C)C. The second kappa shape index (κ2) is 15.6. The molecule has 0 saturated heterocycles. The summed E-state index contributed by atoms with van der Waals surface area (Å²) in [5, 5.41) is 4.94. The van der Waals surface area contributed by atoms with E-state index in [2.05, 4.69) is 213 Å². The summed E-state index contributed by atoms with van der Waals surface area (Å²) in [5.74, 6) is 1.76. The van der Waals surface area contributed by atoms with Crippen molar-refractivity contribution in [3.63, 3.8) is 0 Å². The molecule has 6 nitrogen and oxygen atoms in total. The highest BCUT2D eigenvalue weighted by Gasteiger charge is 2.40. The summed E-state index contributed by atoms with van der Waals surface area (Å²) in [5.41, 5.74) is 20.9. The number of para-hydroxylation sites is 2. The first-order valence-corrected chi connectivity index (χ1v) is 25.6. The molecule has 6 heteroatoms. The molecule has 4 aromatic heterocycles. The lowest BCUT2D eigenvalue weighted by atomic mass is 9.80. The van der Waals surface area contributed by atoms with Crippen LogP contribution in [0.3, 0.4) is 0 Å². The molecule has 13 aromatic rings. The van der Waals surface area contributed by atoms with Crippen molar-refractivity contribution in [2.75, 3.05) is 0 Å². The first kappa shape index (κ1) is 42.4. The van der Waals surface area contributed by atoms with Gasteiger partial charge in [-0.05, 0) is 87.0 Å². The van der Waals surface area contributed by atoms with Crippen LogP contribution in [0.15, 0.2) is 219 Å². The van der Waals surface area contributed by atoms with Crippen LogP contribution < -0.4 is 0 Å². The zero-order chi connectivity index (χ0) is 49.5. The van der Waals surface area contributed by atoms with Crippen LogP contribution in [-0.2, 0) is 10.8 Å². The highest BCUT2D eigenvalue weighted by Crippen LogP contribution is 2.56. The number of fused-ring (bicyclic) bond motifs is 14. The van der Waals surface area contributed by atoms with Crippen molar-refractivity contribution in [3.8, 4) is 79.0 Å². The van der Waals surface area contributed by atoms with E-state index in [4.69, 9.17) is 19.9 Å². The van der Waals surface area contributed by atoms with Gasteiger partial charge in [0.05, 0.1) is 39.1 Å². The molecule has 2 aliphatic carbocycles. The molecule has 0 amide bonds. The topological polar surface area (TPSA) is 61.4 Å². The van der Waals surface area contributed by atoms with Gasteiger partial charge in [0, 0.05) is 60.8 Å². The molecule has 0 aliphatic heterocycles. The average Bonchev–Trinajstić information content (AvgIpc) is 4.12. The van der Waals surface area contributed by atoms with E-state index in [9.17, 15) is 0 Å².